The molecule has 0 bridgehead atoms. The van der Waals surface area contributed by atoms with E-state index in [1.165, 1.54) is 0 Å². The predicted molar refractivity (Wildman–Crippen MR) is 102 cm³/mol. The van der Waals surface area contributed by atoms with Crippen LogP contribution in [-0.2, 0) is 13.0 Å². The van der Waals surface area contributed by atoms with Gasteiger partial charge in [0.05, 0.1) is 5.56 Å². The van der Waals surface area contributed by atoms with Crippen molar-refractivity contribution < 1.29 is 4.79 Å². The van der Waals surface area contributed by atoms with Crippen LogP contribution in [-0.4, -0.2) is 24.6 Å². The maximum absolute atomic E-state index is 12.1. The second kappa shape index (κ2) is 7.39. The quantitative estimate of drug-likeness (QED) is 0.788. The summed E-state index contributed by atoms with van der Waals surface area (Å²) in [6.07, 6.45) is 3.75. The van der Waals surface area contributed by atoms with Gasteiger partial charge in [0.2, 0.25) is 0 Å². The molecule has 24 heavy (non-hydrogen) atoms. The minimum Gasteiger partial charge on any atom is -0.378 e. The molecular weight excluding hydrogens is 298 g/mol. The number of benzene rings is 1. The highest BCUT2D eigenvalue weighted by Gasteiger charge is 2.23. The van der Waals surface area contributed by atoms with Crippen molar-refractivity contribution in [3.8, 4) is 11.1 Å². The monoisotopic (exact) mass is 325 g/mol. The summed E-state index contributed by atoms with van der Waals surface area (Å²) >= 11 is 0. The second-order valence-corrected chi connectivity index (χ2v) is 6.24. The lowest BCUT2D eigenvalue weighted by Gasteiger charge is -2.14. The van der Waals surface area contributed by atoms with Crippen LogP contribution >= 0.6 is 0 Å². The van der Waals surface area contributed by atoms with E-state index < -0.39 is 0 Å². The normalized spacial score (nSPS) is 10.7. The van der Waals surface area contributed by atoms with Gasteiger partial charge in [0.25, 0.3) is 5.91 Å². The lowest BCUT2D eigenvalue weighted by atomic mass is 9.97. The van der Waals surface area contributed by atoms with E-state index >= 15 is 0 Å². The third-order valence-electron chi connectivity index (χ3n) is 4.35. The molecule has 1 aromatic carbocycles. The van der Waals surface area contributed by atoms with E-state index in [-0.39, 0.29) is 5.91 Å². The Morgan fingerprint density at radius 3 is 2.38 bits per heavy atom. The summed E-state index contributed by atoms with van der Waals surface area (Å²) in [6.45, 7) is 8.62. The number of rotatable bonds is 7. The zero-order chi connectivity index (χ0) is 17.9. The van der Waals surface area contributed by atoms with Crippen molar-refractivity contribution in [2.45, 2.75) is 33.2 Å². The summed E-state index contributed by atoms with van der Waals surface area (Å²) in [7, 11) is 4.02. The lowest BCUT2D eigenvalue weighted by Crippen LogP contribution is -2.13. The van der Waals surface area contributed by atoms with Crippen LogP contribution in [0.4, 0.5) is 5.69 Å². The van der Waals surface area contributed by atoms with E-state index in [4.69, 9.17) is 5.73 Å². The number of hydrogen-bond acceptors (Lipinski definition) is 2. The fraction of sp³-hybridized carbons (Fsp3) is 0.350. The predicted octanol–water partition coefficient (Wildman–Crippen LogP) is 3.77. The molecule has 0 fully saturated rings. The molecule has 2 aromatic rings. The van der Waals surface area contributed by atoms with E-state index in [1.54, 1.807) is 0 Å². The van der Waals surface area contributed by atoms with Crippen LogP contribution < -0.4 is 10.6 Å². The number of carbonyl (C=O) groups excluding carboxylic acids is 1. The number of allylic oxidation sites excluding steroid dienone is 1. The van der Waals surface area contributed by atoms with E-state index in [0.717, 1.165) is 41.0 Å². The SMILES string of the molecule is C=CCn1c(C)c(C(N)=O)c(-c2ccc(N(C)C)cc2)c1CCC. The van der Waals surface area contributed by atoms with Gasteiger partial charge in [0, 0.05) is 43.3 Å². The van der Waals surface area contributed by atoms with E-state index in [9.17, 15) is 4.79 Å². The minimum atomic E-state index is -0.376. The van der Waals surface area contributed by atoms with Gasteiger partial charge in [-0.25, -0.2) is 0 Å². The number of primary amides is 1. The molecule has 0 spiro atoms. The number of aromatic nitrogens is 1. The molecule has 2 rings (SSSR count). The van der Waals surface area contributed by atoms with Crippen LogP contribution in [0.3, 0.4) is 0 Å². The molecule has 128 valence electrons. The molecule has 0 saturated heterocycles. The van der Waals surface area contributed by atoms with E-state index in [2.05, 4.69) is 47.2 Å². The van der Waals surface area contributed by atoms with Crippen molar-refractivity contribution in [1.29, 1.82) is 0 Å². The van der Waals surface area contributed by atoms with Crippen LogP contribution in [0.15, 0.2) is 36.9 Å². The van der Waals surface area contributed by atoms with Gasteiger partial charge in [-0.2, -0.15) is 0 Å². The van der Waals surface area contributed by atoms with Crippen LogP contribution in [0, 0.1) is 6.92 Å². The Bertz CT molecular complexity index is 739. The van der Waals surface area contributed by atoms with Crippen molar-refractivity contribution in [3.05, 3.63) is 53.9 Å². The molecule has 1 aromatic heterocycles. The average molecular weight is 325 g/mol. The molecule has 0 saturated carbocycles. The molecular formula is C20H27N3O. The Balaban J connectivity index is 2.71. The maximum Gasteiger partial charge on any atom is 0.251 e. The molecule has 0 aliphatic heterocycles. The highest BCUT2D eigenvalue weighted by Crippen LogP contribution is 2.34. The highest BCUT2D eigenvalue weighted by molar-refractivity contribution is 6.02. The zero-order valence-corrected chi connectivity index (χ0v) is 15.1. The lowest BCUT2D eigenvalue weighted by molar-refractivity contribution is 0.1000. The molecule has 0 unspecified atom stereocenters. The van der Waals surface area contributed by atoms with Crippen molar-refractivity contribution in [2.75, 3.05) is 19.0 Å². The number of anilines is 1. The smallest absolute Gasteiger partial charge is 0.251 e. The van der Waals surface area contributed by atoms with Crippen LogP contribution in [0.1, 0.15) is 35.1 Å². The third-order valence-corrected chi connectivity index (χ3v) is 4.35. The van der Waals surface area contributed by atoms with Crippen molar-refractivity contribution in [3.63, 3.8) is 0 Å². The van der Waals surface area contributed by atoms with Gasteiger partial charge in [-0.1, -0.05) is 31.6 Å². The van der Waals surface area contributed by atoms with Crippen molar-refractivity contribution in [1.82, 2.24) is 4.57 Å². The van der Waals surface area contributed by atoms with Gasteiger partial charge >= 0.3 is 0 Å². The first-order valence-electron chi connectivity index (χ1n) is 8.32. The topological polar surface area (TPSA) is 51.3 Å². The molecule has 2 N–H and O–H groups in total. The molecule has 0 aliphatic rings. The summed E-state index contributed by atoms with van der Waals surface area (Å²) in [4.78, 5) is 14.2. The number of carbonyl (C=O) groups is 1. The Kier molecular flexibility index (Phi) is 5.50. The number of nitrogens with zero attached hydrogens (tertiary/aromatic N) is 2. The maximum atomic E-state index is 12.1. The van der Waals surface area contributed by atoms with Gasteiger partial charge in [0.15, 0.2) is 0 Å². The first-order chi connectivity index (χ1) is 11.4. The van der Waals surface area contributed by atoms with Gasteiger partial charge in [-0.3, -0.25) is 4.79 Å². The fourth-order valence-corrected chi connectivity index (χ4v) is 3.21. The summed E-state index contributed by atoms with van der Waals surface area (Å²) in [6, 6.07) is 8.26. The van der Waals surface area contributed by atoms with Crippen molar-refractivity contribution in [2.24, 2.45) is 5.73 Å². The van der Waals surface area contributed by atoms with Crippen LogP contribution in [0.5, 0.6) is 0 Å². The molecule has 4 heteroatoms. The molecule has 1 heterocycles. The molecule has 0 aliphatic carbocycles. The average Bonchev–Trinajstić information content (AvgIpc) is 2.81. The first kappa shape index (κ1) is 17.9. The first-order valence-corrected chi connectivity index (χ1v) is 8.32. The standard InChI is InChI=1S/C20H27N3O/c1-6-8-17-19(15-9-11-16(12-10-15)22(4)5)18(20(21)24)14(3)23(17)13-7-2/h7,9-12H,2,6,8,13H2,1,3-5H3,(H2,21,24). The Labute approximate surface area is 144 Å². The minimum absolute atomic E-state index is 0.376. The van der Waals surface area contributed by atoms with Gasteiger partial charge in [-0.15, -0.1) is 6.58 Å². The summed E-state index contributed by atoms with van der Waals surface area (Å²) in [5, 5.41) is 0. The van der Waals surface area contributed by atoms with E-state index in [0.29, 0.717) is 12.1 Å². The number of nitrogens with two attached hydrogens (primary N) is 1. The Morgan fingerprint density at radius 2 is 1.92 bits per heavy atom. The summed E-state index contributed by atoms with van der Waals surface area (Å²) in [5.74, 6) is -0.376. The Hall–Kier alpha value is -2.49. The zero-order valence-electron chi connectivity index (χ0n) is 15.1. The third kappa shape index (κ3) is 3.23. The second-order valence-electron chi connectivity index (χ2n) is 6.24. The summed E-state index contributed by atoms with van der Waals surface area (Å²) < 4.78 is 2.16. The van der Waals surface area contributed by atoms with Crippen LogP contribution in [0.25, 0.3) is 11.1 Å². The number of hydrogen-bond donors (Lipinski definition) is 1. The molecule has 0 radical (unpaired) electrons. The van der Waals surface area contributed by atoms with Crippen LogP contribution in [0.2, 0.25) is 0 Å². The van der Waals surface area contributed by atoms with Gasteiger partial charge < -0.3 is 15.2 Å². The number of amides is 1. The van der Waals surface area contributed by atoms with Gasteiger partial charge in [0.1, 0.15) is 0 Å². The van der Waals surface area contributed by atoms with E-state index in [1.807, 2.05) is 27.1 Å². The fourth-order valence-electron chi connectivity index (χ4n) is 3.21. The highest BCUT2D eigenvalue weighted by atomic mass is 16.1. The molecule has 0 atom stereocenters. The molecule has 4 nitrogen and oxygen atoms in total. The molecule has 1 amide bonds. The van der Waals surface area contributed by atoms with Crippen molar-refractivity contribution >= 4 is 11.6 Å². The Morgan fingerprint density at radius 1 is 1.29 bits per heavy atom. The summed E-state index contributed by atoms with van der Waals surface area (Å²) in [5.41, 5.74) is 11.5. The largest absolute Gasteiger partial charge is 0.378 e. The van der Waals surface area contributed by atoms with Gasteiger partial charge in [-0.05, 0) is 31.0 Å².